The van der Waals surface area contributed by atoms with Gasteiger partial charge in [-0.1, -0.05) is 6.07 Å². The average Bonchev–Trinajstić information content (AvgIpc) is 2.93. The van der Waals surface area contributed by atoms with Crippen LogP contribution in [0.3, 0.4) is 0 Å². The number of carbonyl (C=O) groups excluding carboxylic acids is 3. The first-order valence-corrected chi connectivity index (χ1v) is 8.30. The number of hydrogen-bond donors (Lipinski definition) is 1. The Morgan fingerprint density at radius 2 is 1.75 bits per heavy atom. The van der Waals surface area contributed by atoms with E-state index in [0.717, 1.165) is 18.2 Å². The molecule has 0 saturated carbocycles. The van der Waals surface area contributed by atoms with Crippen LogP contribution in [0.4, 0.5) is 13.2 Å². The third kappa shape index (κ3) is 4.59. The summed E-state index contributed by atoms with van der Waals surface area (Å²) in [6, 6.07) is 3.71. The molecule has 150 valence electrons. The highest BCUT2D eigenvalue weighted by atomic mass is 19.4. The van der Waals surface area contributed by atoms with Gasteiger partial charge in [-0.25, -0.2) is 9.59 Å². The fraction of sp³-hybridized carbons (Fsp3) is 0.316. The lowest BCUT2D eigenvalue weighted by molar-refractivity contribution is -0.137. The van der Waals surface area contributed by atoms with Crippen molar-refractivity contribution in [3.8, 4) is 0 Å². The molecule has 0 spiro atoms. The van der Waals surface area contributed by atoms with E-state index in [4.69, 9.17) is 9.47 Å². The van der Waals surface area contributed by atoms with Crippen molar-refractivity contribution in [2.75, 3.05) is 13.2 Å². The van der Waals surface area contributed by atoms with E-state index in [-0.39, 0.29) is 23.4 Å². The number of aryl methyl sites for hydroxylation is 1. The molecule has 0 bridgehead atoms. The maximum atomic E-state index is 12.7. The lowest BCUT2D eigenvalue weighted by Crippen LogP contribution is -2.16. The molecule has 0 radical (unpaired) electrons. The Kier molecular flexibility index (Phi) is 6.27. The van der Waals surface area contributed by atoms with Gasteiger partial charge in [0.2, 0.25) is 5.78 Å². The topological polar surface area (TPSA) is 85.5 Å². The molecular formula is C19H18F3NO5. The van der Waals surface area contributed by atoms with E-state index in [1.54, 1.807) is 13.8 Å². The lowest BCUT2D eigenvalue weighted by atomic mass is 10.1. The van der Waals surface area contributed by atoms with Crippen LogP contribution in [0, 0.1) is 13.8 Å². The summed E-state index contributed by atoms with van der Waals surface area (Å²) in [5, 5.41) is 0. The minimum Gasteiger partial charge on any atom is -0.461 e. The van der Waals surface area contributed by atoms with Crippen molar-refractivity contribution in [3.63, 3.8) is 0 Å². The number of ether oxygens (including phenoxy) is 2. The van der Waals surface area contributed by atoms with Gasteiger partial charge in [0.15, 0.2) is 6.61 Å². The second kappa shape index (κ2) is 8.28. The van der Waals surface area contributed by atoms with Gasteiger partial charge in [-0.3, -0.25) is 4.79 Å². The number of hydrogen-bond acceptors (Lipinski definition) is 5. The Morgan fingerprint density at radius 1 is 1.07 bits per heavy atom. The Balaban J connectivity index is 2.13. The number of carbonyl (C=O) groups is 3. The first-order chi connectivity index (χ1) is 13.1. The average molecular weight is 397 g/mol. The standard InChI is InChI=1S/C19H18F3NO5/c1-4-27-18(26)16-10(2)15(11(3)23-16)14(24)9-28-17(25)12-6-5-7-13(8-12)19(20,21)22/h5-8,23H,4,9H2,1-3H3. The largest absolute Gasteiger partial charge is 0.461 e. The molecule has 0 amide bonds. The summed E-state index contributed by atoms with van der Waals surface area (Å²) < 4.78 is 47.9. The number of halogens is 3. The van der Waals surface area contributed by atoms with Gasteiger partial charge in [0.05, 0.1) is 17.7 Å². The molecule has 0 fully saturated rings. The van der Waals surface area contributed by atoms with Gasteiger partial charge in [0.25, 0.3) is 0 Å². The lowest BCUT2D eigenvalue weighted by Gasteiger charge is -2.09. The molecule has 1 aromatic heterocycles. The Hall–Kier alpha value is -3.10. The van der Waals surface area contributed by atoms with Crippen molar-refractivity contribution in [2.45, 2.75) is 26.9 Å². The van der Waals surface area contributed by atoms with Crippen molar-refractivity contribution in [1.82, 2.24) is 4.98 Å². The fourth-order valence-electron chi connectivity index (χ4n) is 2.68. The highest BCUT2D eigenvalue weighted by Crippen LogP contribution is 2.29. The molecule has 2 aromatic rings. The normalized spacial score (nSPS) is 11.2. The van der Waals surface area contributed by atoms with Gasteiger partial charge in [-0.2, -0.15) is 13.2 Å². The number of Topliss-reactive ketones (excluding diaryl/α,β-unsaturated/α-hetero) is 1. The number of rotatable bonds is 6. The summed E-state index contributed by atoms with van der Waals surface area (Å²) in [4.78, 5) is 39.1. The summed E-state index contributed by atoms with van der Waals surface area (Å²) in [6.07, 6.45) is -4.60. The van der Waals surface area contributed by atoms with Gasteiger partial charge in [-0.15, -0.1) is 0 Å². The van der Waals surface area contributed by atoms with Crippen molar-refractivity contribution < 1.29 is 37.0 Å². The maximum Gasteiger partial charge on any atom is 0.416 e. The van der Waals surface area contributed by atoms with E-state index >= 15 is 0 Å². The van der Waals surface area contributed by atoms with Crippen LogP contribution in [0.25, 0.3) is 0 Å². The molecular weight excluding hydrogens is 379 g/mol. The predicted molar refractivity (Wildman–Crippen MR) is 92.3 cm³/mol. The quantitative estimate of drug-likeness (QED) is 0.591. The molecule has 9 heteroatoms. The number of H-pyrrole nitrogens is 1. The van der Waals surface area contributed by atoms with Crippen molar-refractivity contribution >= 4 is 17.7 Å². The zero-order valence-electron chi connectivity index (χ0n) is 15.4. The number of esters is 2. The third-order valence-corrected chi connectivity index (χ3v) is 3.96. The molecule has 0 saturated heterocycles. The predicted octanol–water partition coefficient (Wildman–Crippen LogP) is 3.87. The van der Waals surface area contributed by atoms with Crippen LogP contribution in [-0.2, 0) is 15.7 Å². The molecule has 0 unspecified atom stereocenters. The van der Waals surface area contributed by atoms with E-state index in [9.17, 15) is 27.6 Å². The number of aromatic nitrogens is 1. The summed E-state index contributed by atoms with van der Waals surface area (Å²) in [5.41, 5.74) is -0.300. The molecule has 2 rings (SSSR count). The monoisotopic (exact) mass is 397 g/mol. The maximum absolute atomic E-state index is 12.7. The minimum absolute atomic E-state index is 0.118. The van der Waals surface area contributed by atoms with Gasteiger partial charge >= 0.3 is 18.1 Å². The van der Waals surface area contributed by atoms with E-state index in [1.807, 2.05) is 0 Å². The number of alkyl halides is 3. The molecule has 0 aliphatic rings. The fourth-order valence-corrected chi connectivity index (χ4v) is 2.68. The Morgan fingerprint density at radius 3 is 2.36 bits per heavy atom. The van der Waals surface area contributed by atoms with E-state index in [1.165, 1.54) is 6.92 Å². The zero-order valence-corrected chi connectivity index (χ0v) is 15.4. The van der Waals surface area contributed by atoms with Crippen LogP contribution in [0.2, 0.25) is 0 Å². The summed E-state index contributed by atoms with van der Waals surface area (Å²) >= 11 is 0. The number of ketones is 1. The van der Waals surface area contributed by atoms with E-state index in [2.05, 4.69) is 4.98 Å². The van der Waals surface area contributed by atoms with Crippen LogP contribution < -0.4 is 0 Å². The minimum atomic E-state index is -4.60. The summed E-state index contributed by atoms with van der Waals surface area (Å²) in [5.74, 6) is -2.28. The number of aromatic amines is 1. The molecule has 0 aliphatic heterocycles. The number of benzene rings is 1. The van der Waals surface area contributed by atoms with Crippen LogP contribution in [-0.4, -0.2) is 35.9 Å². The smallest absolute Gasteiger partial charge is 0.416 e. The van der Waals surface area contributed by atoms with Gasteiger partial charge in [-0.05, 0) is 44.5 Å². The van der Waals surface area contributed by atoms with Crippen LogP contribution in [0.15, 0.2) is 24.3 Å². The highest BCUT2D eigenvalue weighted by molar-refractivity contribution is 6.04. The van der Waals surface area contributed by atoms with Crippen LogP contribution in [0.5, 0.6) is 0 Å². The highest BCUT2D eigenvalue weighted by Gasteiger charge is 2.31. The van der Waals surface area contributed by atoms with Gasteiger partial charge < -0.3 is 14.5 Å². The molecule has 6 nitrogen and oxygen atoms in total. The van der Waals surface area contributed by atoms with Gasteiger partial charge in [0, 0.05) is 11.3 Å². The molecule has 1 aromatic carbocycles. The summed E-state index contributed by atoms with van der Waals surface area (Å²) in [7, 11) is 0. The zero-order chi connectivity index (χ0) is 21.1. The first-order valence-electron chi connectivity index (χ1n) is 8.30. The Bertz CT molecular complexity index is 915. The second-order valence-corrected chi connectivity index (χ2v) is 5.92. The second-order valence-electron chi connectivity index (χ2n) is 5.92. The van der Waals surface area contributed by atoms with Crippen LogP contribution >= 0.6 is 0 Å². The SMILES string of the molecule is CCOC(=O)c1[nH]c(C)c(C(=O)COC(=O)c2cccc(C(F)(F)F)c2)c1C. The van der Waals surface area contributed by atoms with Crippen molar-refractivity contribution in [2.24, 2.45) is 0 Å². The summed E-state index contributed by atoms with van der Waals surface area (Å²) in [6.45, 7) is 4.22. The molecule has 0 aliphatic carbocycles. The van der Waals surface area contributed by atoms with Crippen molar-refractivity contribution in [3.05, 3.63) is 57.9 Å². The molecule has 1 heterocycles. The van der Waals surface area contributed by atoms with E-state index in [0.29, 0.717) is 17.3 Å². The van der Waals surface area contributed by atoms with Crippen molar-refractivity contribution in [1.29, 1.82) is 0 Å². The molecule has 1 N–H and O–H groups in total. The third-order valence-electron chi connectivity index (χ3n) is 3.96. The number of nitrogens with one attached hydrogen (secondary N) is 1. The van der Waals surface area contributed by atoms with E-state index < -0.39 is 36.1 Å². The molecule has 28 heavy (non-hydrogen) atoms. The van der Waals surface area contributed by atoms with Crippen LogP contribution in [0.1, 0.15) is 54.9 Å². The van der Waals surface area contributed by atoms with Gasteiger partial charge in [0.1, 0.15) is 5.69 Å². The Labute approximate surface area is 158 Å². The first kappa shape index (κ1) is 21.2. The molecule has 0 atom stereocenters.